The van der Waals surface area contributed by atoms with E-state index in [1.807, 2.05) is 13.8 Å². The predicted molar refractivity (Wildman–Crippen MR) is 168 cm³/mol. The maximum Gasteiger partial charge on any atom is 1.00 e. The van der Waals surface area contributed by atoms with Crippen LogP contribution in [-0.4, -0.2) is 74.3 Å². The molecule has 0 aliphatic heterocycles. The molecule has 2 unspecified atom stereocenters. The van der Waals surface area contributed by atoms with Gasteiger partial charge in [0.25, 0.3) is 0 Å². The second kappa shape index (κ2) is 23.6. The van der Waals surface area contributed by atoms with Crippen molar-refractivity contribution in [1.29, 1.82) is 0 Å². The average molecular weight is 805 g/mol. The maximum absolute atomic E-state index is 11.8. The second-order valence-corrected chi connectivity index (χ2v) is 15.7. The first kappa shape index (κ1) is 51.1. The Bertz CT molecular complexity index is 1680. The molecule has 16 nitrogen and oxygen atoms in total. The summed E-state index contributed by atoms with van der Waals surface area (Å²) in [5.41, 5.74) is 0. The van der Waals surface area contributed by atoms with Gasteiger partial charge in [-0.25, -0.2) is 16.8 Å². The number of benzene rings is 2. The van der Waals surface area contributed by atoms with Crippen molar-refractivity contribution in [1.82, 2.24) is 0 Å². The van der Waals surface area contributed by atoms with E-state index in [0.717, 1.165) is 49.9 Å². The standard InChI is InChI=1S/2C14H20O8S2.2Na/c2*1-2-3-4-5-9-12(14(15)24(19,20)21)22-11-8-6-7-10-13(11)23(16,17)18;;/h2*6-8,10,12H,2-5,9H2,1H3,(H,16,17,18)(H,19,20,21);;/q;;2*+1/p-2. The molecule has 0 radical (unpaired) electrons. The fourth-order valence-electron chi connectivity index (χ4n) is 4.11. The molecule has 0 saturated heterocycles. The van der Waals surface area contributed by atoms with Crippen molar-refractivity contribution in [2.75, 3.05) is 0 Å². The van der Waals surface area contributed by atoms with E-state index in [9.17, 15) is 52.4 Å². The van der Waals surface area contributed by atoms with Gasteiger partial charge in [0.2, 0.25) is 0 Å². The van der Waals surface area contributed by atoms with Gasteiger partial charge in [0, 0.05) is 0 Å². The van der Waals surface area contributed by atoms with Crippen LogP contribution in [0.15, 0.2) is 58.3 Å². The summed E-state index contributed by atoms with van der Waals surface area (Å²) in [6, 6.07) is 9.58. The number of unbranched alkanes of at least 4 members (excludes halogenated alkanes) is 6. The van der Waals surface area contributed by atoms with Crippen LogP contribution in [0.5, 0.6) is 11.5 Å². The Hall–Kier alpha value is -0.980. The largest absolute Gasteiger partial charge is 1.00 e. The van der Waals surface area contributed by atoms with Crippen molar-refractivity contribution in [3.63, 3.8) is 0 Å². The van der Waals surface area contributed by atoms with E-state index in [0.29, 0.717) is 25.7 Å². The minimum atomic E-state index is -5.00. The van der Waals surface area contributed by atoms with Crippen molar-refractivity contribution in [3.8, 4) is 11.5 Å². The molecule has 0 fully saturated rings. The summed E-state index contributed by atoms with van der Waals surface area (Å²) in [5, 5.41) is -3.14. The molecule has 0 aromatic heterocycles. The van der Waals surface area contributed by atoms with E-state index in [1.54, 1.807) is 0 Å². The van der Waals surface area contributed by atoms with Crippen LogP contribution >= 0.6 is 0 Å². The van der Waals surface area contributed by atoms with Gasteiger partial charge in [0.05, 0.1) is 9.79 Å². The molecule has 50 heavy (non-hydrogen) atoms. The first-order valence-corrected chi connectivity index (χ1v) is 20.3. The Labute approximate surface area is 337 Å². The summed E-state index contributed by atoms with van der Waals surface area (Å²) >= 11 is 0. The molecule has 2 N–H and O–H groups in total. The molecule has 0 spiro atoms. The summed E-state index contributed by atoms with van der Waals surface area (Å²) in [5.74, 6) is -0.852. The molecular formula is C28H38Na2O16S4. The van der Waals surface area contributed by atoms with Gasteiger partial charge in [0.15, 0.2) is 12.2 Å². The zero-order valence-electron chi connectivity index (χ0n) is 28.1. The monoisotopic (exact) mass is 804 g/mol. The second-order valence-electron chi connectivity index (χ2n) is 10.3. The summed E-state index contributed by atoms with van der Waals surface area (Å²) in [6.07, 6.45) is 2.56. The molecule has 0 heterocycles. The van der Waals surface area contributed by atoms with E-state index >= 15 is 0 Å². The van der Waals surface area contributed by atoms with E-state index in [4.69, 9.17) is 18.6 Å². The van der Waals surface area contributed by atoms with Gasteiger partial charge >= 0.3 is 89.6 Å². The van der Waals surface area contributed by atoms with Crippen LogP contribution in [0.3, 0.4) is 0 Å². The molecule has 2 rings (SSSR count). The van der Waals surface area contributed by atoms with Crippen molar-refractivity contribution in [2.24, 2.45) is 0 Å². The third-order valence-electron chi connectivity index (χ3n) is 6.45. The Morgan fingerprint density at radius 3 is 1.14 bits per heavy atom. The number of para-hydroxylation sites is 2. The molecule has 0 bridgehead atoms. The molecule has 2 atom stereocenters. The molecule has 0 amide bonds. The number of ether oxygens (including phenoxy) is 2. The van der Waals surface area contributed by atoms with Crippen LogP contribution in [-0.2, 0) is 50.1 Å². The van der Waals surface area contributed by atoms with Crippen molar-refractivity contribution in [2.45, 2.75) is 100 Å². The van der Waals surface area contributed by atoms with E-state index in [2.05, 4.69) is 0 Å². The molecule has 2 aromatic carbocycles. The van der Waals surface area contributed by atoms with E-state index < -0.39 is 84.2 Å². The molecule has 272 valence electrons. The summed E-state index contributed by atoms with van der Waals surface area (Å²) in [7, 11) is -19.7. The summed E-state index contributed by atoms with van der Waals surface area (Å²) in [6.45, 7) is 3.93. The van der Waals surface area contributed by atoms with Crippen LogP contribution in [0.4, 0.5) is 0 Å². The van der Waals surface area contributed by atoms with Gasteiger partial charge in [-0.05, 0) is 49.9 Å². The summed E-state index contributed by atoms with van der Waals surface area (Å²) in [4.78, 5) is 22.2. The van der Waals surface area contributed by atoms with Gasteiger partial charge in [-0.1, -0.05) is 76.6 Å². The zero-order valence-corrected chi connectivity index (χ0v) is 35.4. The fourth-order valence-corrected chi connectivity index (χ4v) is 6.32. The molecule has 22 heteroatoms. The Kier molecular flexibility index (Phi) is 24.2. The quantitative estimate of drug-likeness (QED) is 0.0892. The smallest absolute Gasteiger partial charge is 0.744 e. The number of rotatable bonds is 18. The molecular weight excluding hydrogens is 767 g/mol. The third kappa shape index (κ3) is 18.7. The van der Waals surface area contributed by atoms with Crippen LogP contribution in [0.1, 0.15) is 78.1 Å². The van der Waals surface area contributed by atoms with E-state index in [1.165, 1.54) is 24.3 Å². The number of hydrogen-bond acceptors (Lipinski definition) is 14. The van der Waals surface area contributed by atoms with Crippen molar-refractivity contribution in [3.05, 3.63) is 48.5 Å². The Morgan fingerprint density at radius 1 is 0.580 bits per heavy atom. The topological polar surface area (TPSA) is 276 Å². The van der Waals surface area contributed by atoms with Gasteiger partial charge < -0.3 is 18.6 Å². The van der Waals surface area contributed by atoms with Gasteiger partial charge in [-0.15, -0.1) is 0 Å². The van der Waals surface area contributed by atoms with Crippen LogP contribution in [0.25, 0.3) is 0 Å². The minimum Gasteiger partial charge on any atom is -0.744 e. The SMILES string of the molecule is CCCCCCC(Oc1ccccc1S(=O)(=O)[O-])C(=O)S(=O)(=O)O.CCCCCCC(Oc1ccccc1S(=O)(=O)[O-])C(=O)S(=O)(=O)O.[Na+].[Na+]. The molecule has 0 aliphatic carbocycles. The molecule has 2 aromatic rings. The first-order valence-electron chi connectivity index (χ1n) is 14.6. The predicted octanol–water partition coefficient (Wildman–Crippen LogP) is -2.55. The van der Waals surface area contributed by atoms with Gasteiger partial charge in [0.1, 0.15) is 31.7 Å². The average Bonchev–Trinajstić information content (AvgIpc) is 2.98. The normalized spacial score (nSPS) is 12.9. The first-order chi connectivity index (χ1) is 22.1. The molecule has 0 saturated carbocycles. The van der Waals surface area contributed by atoms with Crippen molar-refractivity contribution >= 4 is 50.7 Å². The van der Waals surface area contributed by atoms with Crippen LogP contribution in [0.2, 0.25) is 0 Å². The fraction of sp³-hybridized carbons (Fsp3) is 0.500. The minimum absolute atomic E-state index is 0. The third-order valence-corrected chi connectivity index (χ3v) is 9.74. The number of carbonyl (C=O) groups excluding carboxylic acids is 2. The summed E-state index contributed by atoms with van der Waals surface area (Å²) < 4.78 is 140. The molecule has 0 aliphatic rings. The van der Waals surface area contributed by atoms with E-state index in [-0.39, 0.29) is 72.0 Å². The number of hydrogen-bond donors (Lipinski definition) is 2. The number of carbonyl (C=O) groups is 2. The Balaban J connectivity index is 0. The zero-order chi connectivity index (χ0) is 36.8. The Morgan fingerprint density at radius 2 is 0.880 bits per heavy atom. The van der Waals surface area contributed by atoms with Crippen LogP contribution < -0.4 is 68.6 Å². The van der Waals surface area contributed by atoms with Crippen LogP contribution in [0, 0.1) is 0 Å². The van der Waals surface area contributed by atoms with Crippen molar-refractivity contribution < 1.29 is 130 Å². The van der Waals surface area contributed by atoms with Gasteiger partial charge in [-0.2, -0.15) is 16.8 Å². The maximum atomic E-state index is 11.8. The van der Waals surface area contributed by atoms with Gasteiger partial charge in [-0.3, -0.25) is 18.7 Å².